The first-order valence-electron chi connectivity index (χ1n) is 10.0. The first-order chi connectivity index (χ1) is 14.7. The number of hydrogen-bond acceptors (Lipinski definition) is 7. The molecule has 0 bridgehead atoms. The van der Waals surface area contributed by atoms with Gasteiger partial charge < -0.3 is 15.4 Å². The highest BCUT2D eigenvalue weighted by Crippen LogP contribution is 2.25. The lowest BCUT2D eigenvalue weighted by molar-refractivity contribution is 0.415. The minimum Gasteiger partial charge on any atom is -0.497 e. The Morgan fingerprint density at radius 1 is 0.833 bits per heavy atom. The van der Waals surface area contributed by atoms with E-state index in [0.29, 0.717) is 22.9 Å². The number of hydrogen-bond donors (Lipinski definition) is 2. The number of aromatic nitrogens is 4. The maximum atomic E-state index is 5.22. The number of anilines is 4. The molecule has 0 amide bonds. The Labute approximate surface area is 175 Å². The van der Waals surface area contributed by atoms with Gasteiger partial charge in [-0.05, 0) is 54.8 Å². The minimum atomic E-state index is 0.459. The van der Waals surface area contributed by atoms with Crippen LogP contribution in [0.1, 0.15) is 25.3 Å². The largest absolute Gasteiger partial charge is 0.497 e. The fourth-order valence-corrected chi connectivity index (χ4v) is 3.08. The Morgan fingerprint density at radius 3 is 2.27 bits per heavy atom. The summed E-state index contributed by atoms with van der Waals surface area (Å²) in [6.45, 7) is 2.20. The topological polar surface area (TPSA) is 84.9 Å². The number of aryl methyl sites for hydroxylation is 1. The molecule has 2 aromatic heterocycles. The van der Waals surface area contributed by atoms with E-state index in [2.05, 4.69) is 49.6 Å². The normalized spacial score (nSPS) is 10.7. The van der Waals surface area contributed by atoms with Crippen molar-refractivity contribution in [3.8, 4) is 5.75 Å². The average molecular weight is 400 g/mol. The fourth-order valence-electron chi connectivity index (χ4n) is 3.08. The molecule has 0 spiro atoms. The number of rotatable bonds is 8. The van der Waals surface area contributed by atoms with Gasteiger partial charge in [0.15, 0.2) is 17.0 Å². The monoisotopic (exact) mass is 400 g/mol. The second kappa shape index (κ2) is 9.17. The van der Waals surface area contributed by atoms with Crippen LogP contribution in [0.2, 0.25) is 0 Å². The van der Waals surface area contributed by atoms with Crippen molar-refractivity contribution in [3.05, 3.63) is 66.5 Å². The van der Waals surface area contributed by atoms with E-state index in [1.165, 1.54) is 18.4 Å². The molecule has 7 nitrogen and oxygen atoms in total. The summed E-state index contributed by atoms with van der Waals surface area (Å²) < 4.78 is 5.22. The summed E-state index contributed by atoms with van der Waals surface area (Å²) in [7, 11) is 1.64. The smallest absolute Gasteiger partial charge is 0.231 e. The summed E-state index contributed by atoms with van der Waals surface area (Å²) in [5.74, 6) is 1.83. The van der Waals surface area contributed by atoms with E-state index in [9.17, 15) is 0 Å². The third kappa shape index (κ3) is 4.63. The van der Waals surface area contributed by atoms with Crippen LogP contribution in [-0.2, 0) is 6.42 Å². The summed E-state index contributed by atoms with van der Waals surface area (Å²) in [5, 5.41) is 6.58. The molecular formula is C23H24N6O. The lowest BCUT2D eigenvalue weighted by Gasteiger charge is -2.11. The van der Waals surface area contributed by atoms with Crippen LogP contribution in [0.3, 0.4) is 0 Å². The molecule has 7 heteroatoms. The van der Waals surface area contributed by atoms with E-state index in [1.807, 2.05) is 36.4 Å². The number of nitrogens with one attached hydrogen (secondary N) is 2. The lowest BCUT2D eigenvalue weighted by Crippen LogP contribution is -2.04. The van der Waals surface area contributed by atoms with Crippen LogP contribution >= 0.6 is 0 Å². The zero-order valence-corrected chi connectivity index (χ0v) is 17.1. The third-order valence-electron chi connectivity index (χ3n) is 4.71. The van der Waals surface area contributed by atoms with Gasteiger partial charge in [0.05, 0.1) is 7.11 Å². The van der Waals surface area contributed by atoms with Crippen LogP contribution in [0.15, 0.2) is 60.9 Å². The second-order valence-electron chi connectivity index (χ2n) is 6.90. The van der Waals surface area contributed by atoms with Gasteiger partial charge in [0.25, 0.3) is 0 Å². The molecule has 0 unspecified atom stereocenters. The molecule has 0 saturated heterocycles. The Hall–Kier alpha value is -3.74. The van der Waals surface area contributed by atoms with Crippen LogP contribution in [0.25, 0.3) is 11.2 Å². The molecule has 0 atom stereocenters. The molecule has 0 fully saturated rings. The highest BCUT2D eigenvalue weighted by molar-refractivity contribution is 5.86. The van der Waals surface area contributed by atoms with E-state index in [4.69, 9.17) is 4.74 Å². The van der Waals surface area contributed by atoms with E-state index >= 15 is 0 Å². The number of nitrogens with zero attached hydrogens (tertiary/aromatic N) is 4. The zero-order valence-electron chi connectivity index (χ0n) is 17.1. The summed E-state index contributed by atoms with van der Waals surface area (Å²) >= 11 is 0. The van der Waals surface area contributed by atoms with Crippen LogP contribution in [-0.4, -0.2) is 27.0 Å². The minimum absolute atomic E-state index is 0.459. The van der Waals surface area contributed by atoms with Gasteiger partial charge in [-0.25, -0.2) is 9.97 Å². The average Bonchev–Trinajstić information content (AvgIpc) is 2.79. The SMILES string of the molecule is CCCCc1ccc(Nc2nc(Nc3ccc(OC)cc3)c3nccnc3n2)cc1. The summed E-state index contributed by atoms with van der Waals surface area (Å²) in [6, 6.07) is 16.0. The maximum absolute atomic E-state index is 5.22. The van der Waals surface area contributed by atoms with Crippen molar-refractivity contribution < 1.29 is 4.74 Å². The molecule has 2 heterocycles. The fraction of sp³-hybridized carbons (Fsp3) is 0.217. The number of methoxy groups -OCH3 is 1. The van der Waals surface area contributed by atoms with Gasteiger partial charge in [-0.15, -0.1) is 0 Å². The number of unbranched alkanes of at least 4 members (excludes halogenated alkanes) is 1. The lowest BCUT2D eigenvalue weighted by atomic mass is 10.1. The highest BCUT2D eigenvalue weighted by atomic mass is 16.5. The molecule has 2 aromatic carbocycles. The molecule has 0 aliphatic rings. The van der Waals surface area contributed by atoms with Gasteiger partial charge in [0.1, 0.15) is 5.75 Å². The number of benzene rings is 2. The molecule has 0 radical (unpaired) electrons. The van der Waals surface area contributed by atoms with Gasteiger partial charge in [-0.1, -0.05) is 25.5 Å². The predicted molar refractivity (Wildman–Crippen MR) is 120 cm³/mol. The summed E-state index contributed by atoms with van der Waals surface area (Å²) in [4.78, 5) is 17.9. The van der Waals surface area contributed by atoms with Crippen LogP contribution in [0.5, 0.6) is 5.75 Å². The Bertz CT molecular complexity index is 1110. The Kier molecular flexibility index (Phi) is 5.98. The molecule has 2 N–H and O–H groups in total. The van der Waals surface area contributed by atoms with Crippen molar-refractivity contribution in [3.63, 3.8) is 0 Å². The van der Waals surface area contributed by atoms with Crippen molar-refractivity contribution in [1.82, 2.24) is 19.9 Å². The van der Waals surface area contributed by atoms with Crippen LogP contribution in [0, 0.1) is 0 Å². The molecule has 30 heavy (non-hydrogen) atoms. The number of fused-ring (bicyclic) bond motifs is 1. The molecular weight excluding hydrogens is 376 g/mol. The maximum Gasteiger partial charge on any atom is 0.231 e. The van der Waals surface area contributed by atoms with Crippen LogP contribution in [0.4, 0.5) is 23.1 Å². The summed E-state index contributed by atoms with van der Waals surface area (Å²) in [6.07, 6.45) is 6.73. The predicted octanol–water partition coefficient (Wildman–Crippen LogP) is 5.26. The first-order valence-corrected chi connectivity index (χ1v) is 10.0. The van der Waals surface area contributed by atoms with Gasteiger partial charge >= 0.3 is 0 Å². The van der Waals surface area contributed by atoms with E-state index in [-0.39, 0.29) is 0 Å². The third-order valence-corrected chi connectivity index (χ3v) is 4.71. The molecule has 0 aliphatic heterocycles. The van der Waals surface area contributed by atoms with Gasteiger partial charge in [0.2, 0.25) is 5.95 Å². The number of ether oxygens (including phenoxy) is 1. The zero-order chi connectivity index (χ0) is 20.8. The van der Waals surface area contributed by atoms with E-state index in [0.717, 1.165) is 23.5 Å². The van der Waals surface area contributed by atoms with Crippen LogP contribution < -0.4 is 15.4 Å². The molecule has 4 aromatic rings. The van der Waals surface area contributed by atoms with Gasteiger partial charge in [-0.3, -0.25) is 0 Å². The van der Waals surface area contributed by atoms with Crippen molar-refractivity contribution in [2.75, 3.05) is 17.7 Å². The van der Waals surface area contributed by atoms with Crippen molar-refractivity contribution >= 4 is 34.3 Å². The van der Waals surface area contributed by atoms with E-state index in [1.54, 1.807) is 19.5 Å². The van der Waals surface area contributed by atoms with Gasteiger partial charge in [-0.2, -0.15) is 9.97 Å². The standard InChI is InChI=1S/C23H24N6O/c1-3-4-5-16-6-8-18(9-7-16)27-23-28-21-20(24-14-15-25-21)22(29-23)26-17-10-12-19(30-2)13-11-17/h6-15H,3-5H2,1-2H3,(H2,25,26,27,28,29). The summed E-state index contributed by atoms with van der Waals surface area (Å²) in [5.41, 5.74) is 4.25. The van der Waals surface area contributed by atoms with Crippen molar-refractivity contribution in [2.24, 2.45) is 0 Å². The second-order valence-corrected chi connectivity index (χ2v) is 6.90. The molecule has 152 valence electrons. The first kappa shape index (κ1) is 19.6. The quantitative estimate of drug-likeness (QED) is 0.417. The van der Waals surface area contributed by atoms with Crippen molar-refractivity contribution in [1.29, 1.82) is 0 Å². The Balaban J connectivity index is 1.60. The molecule has 4 rings (SSSR count). The molecule has 0 aliphatic carbocycles. The highest BCUT2D eigenvalue weighted by Gasteiger charge is 2.11. The van der Waals surface area contributed by atoms with Gasteiger partial charge in [0, 0.05) is 23.8 Å². The van der Waals surface area contributed by atoms with Crippen molar-refractivity contribution in [2.45, 2.75) is 26.2 Å². The molecule has 0 saturated carbocycles. The van der Waals surface area contributed by atoms with E-state index < -0.39 is 0 Å². The Morgan fingerprint density at radius 2 is 1.53 bits per heavy atom.